The number of aliphatic carboxylic acids is 1. The zero-order chi connectivity index (χ0) is 22.4. The summed E-state index contributed by atoms with van der Waals surface area (Å²) >= 11 is 0. The van der Waals surface area contributed by atoms with Gasteiger partial charge in [0.2, 0.25) is 0 Å². The van der Waals surface area contributed by atoms with E-state index in [0.717, 1.165) is 56.8 Å². The van der Waals surface area contributed by atoms with Crippen LogP contribution in [0.3, 0.4) is 0 Å². The minimum absolute atomic E-state index is 0.360. The monoisotopic (exact) mass is 432 g/mol. The quantitative estimate of drug-likeness (QED) is 0.580. The Morgan fingerprint density at radius 2 is 2.19 bits per heavy atom. The Morgan fingerprint density at radius 3 is 2.94 bits per heavy atom. The number of carboxylic acid groups (broad SMARTS) is 1. The molecule has 2 aliphatic heterocycles. The highest BCUT2D eigenvalue weighted by Crippen LogP contribution is 2.24. The van der Waals surface area contributed by atoms with E-state index >= 15 is 0 Å². The number of aromatic nitrogens is 1. The van der Waals surface area contributed by atoms with Gasteiger partial charge in [0, 0.05) is 25.3 Å². The van der Waals surface area contributed by atoms with E-state index in [2.05, 4.69) is 27.7 Å². The maximum Gasteiger partial charge on any atom is 0.408 e. The topological polar surface area (TPSA) is 104 Å². The molecule has 0 unspecified atom stereocenters. The third-order valence-corrected chi connectivity index (χ3v) is 5.85. The lowest BCUT2D eigenvalue weighted by Crippen LogP contribution is -2.45. The van der Waals surface area contributed by atoms with Gasteiger partial charge in [0.05, 0.1) is 0 Å². The van der Waals surface area contributed by atoms with Crippen molar-refractivity contribution < 1.29 is 19.4 Å². The maximum absolute atomic E-state index is 11.9. The van der Waals surface area contributed by atoms with Crippen LogP contribution in [0.5, 0.6) is 0 Å². The normalized spacial score (nSPS) is 19.9. The number of amides is 1. The minimum Gasteiger partial charge on any atom is -0.480 e. The van der Waals surface area contributed by atoms with Crippen LogP contribution >= 0.6 is 0 Å². The molecule has 0 spiro atoms. The number of carbonyl (C=O) groups is 2. The summed E-state index contributed by atoms with van der Waals surface area (Å²) in [7, 11) is 0. The molecule has 1 saturated heterocycles. The Labute approximate surface area is 184 Å². The molecule has 0 aliphatic carbocycles. The van der Waals surface area contributed by atoms with Gasteiger partial charge in [-0.2, -0.15) is 0 Å². The molecule has 31 heavy (non-hydrogen) atoms. The highest BCUT2D eigenvalue weighted by atomic mass is 16.6. The van der Waals surface area contributed by atoms with Crippen LogP contribution in [0.25, 0.3) is 0 Å². The summed E-state index contributed by atoms with van der Waals surface area (Å²) in [5.74, 6) is 0.607. The Bertz CT molecular complexity index is 777. The molecule has 0 aromatic carbocycles. The first-order chi connectivity index (χ1) is 14.7. The van der Waals surface area contributed by atoms with Gasteiger partial charge in [-0.1, -0.05) is 6.07 Å². The van der Waals surface area contributed by atoms with Crippen LogP contribution in [0.1, 0.15) is 57.7 Å². The fraction of sp³-hybridized carbons (Fsp3) is 0.696. The summed E-state index contributed by atoms with van der Waals surface area (Å²) in [4.78, 5) is 30.5. The second-order valence-electron chi connectivity index (χ2n) is 9.66. The molecule has 2 atom stereocenters. The number of alkyl carbamates (subject to hydrolysis) is 1. The number of nitrogens with zero attached hydrogens (tertiary/aromatic N) is 2. The summed E-state index contributed by atoms with van der Waals surface area (Å²) in [5, 5.41) is 15.3. The van der Waals surface area contributed by atoms with E-state index in [1.165, 1.54) is 12.0 Å². The van der Waals surface area contributed by atoms with Gasteiger partial charge < -0.3 is 25.4 Å². The number of hydrogen-bond donors (Lipinski definition) is 3. The summed E-state index contributed by atoms with van der Waals surface area (Å²) in [6.07, 6.45) is 5.10. The summed E-state index contributed by atoms with van der Waals surface area (Å²) < 4.78 is 5.18. The predicted octanol–water partition coefficient (Wildman–Crippen LogP) is 3.06. The van der Waals surface area contributed by atoms with Crippen molar-refractivity contribution in [1.29, 1.82) is 0 Å². The molecular weight excluding hydrogens is 396 g/mol. The first kappa shape index (κ1) is 23.3. The molecule has 172 valence electrons. The van der Waals surface area contributed by atoms with Gasteiger partial charge >= 0.3 is 12.1 Å². The standard InChI is InChI=1S/C23H36N4O4/c1-23(2,3)31-22(30)26-19(21(28)29)11-14-27-13-10-16(15-27)6-8-18-9-7-17-5-4-12-24-20(17)25-18/h7,9,16,19H,4-6,8,10-15H2,1-3H3,(H,24,25)(H,26,30)(H,28,29)/t16-,19-/m1/s1. The van der Waals surface area contributed by atoms with Crippen molar-refractivity contribution >= 4 is 17.9 Å². The van der Waals surface area contributed by atoms with E-state index in [4.69, 9.17) is 9.72 Å². The van der Waals surface area contributed by atoms with Gasteiger partial charge in [-0.25, -0.2) is 14.6 Å². The van der Waals surface area contributed by atoms with Crippen molar-refractivity contribution in [3.63, 3.8) is 0 Å². The molecule has 2 aliphatic rings. The zero-order valence-corrected chi connectivity index (χ0v) is 18.9. The van der Waals surface area contributed by atoms with Gasteiger partial charge in [-0.15, -0.1) is 0 Å². The van der Waals surface area contributed by atoms with Crippen LogP contribution in [0.4, 0.5) is 10.6 Å². The minimum atomic E-state index is -1.03. The average Bonchev–Trinajstić information content (AvgIpc) is 3.15. The fourth-order valence-corrected chi connectivity index (χ4v) is 4.23. The second kappa shape index (κ2) is 10.3. The molecule has 3 N–H and O–H groups in total. The molecule has 1 amide bonds. The van der Waals surface area contributed by atoms with Crippen molar-refractivity contribution in [2.45, 2.75) is 70.9 Å². The Kier molecular flexibility index (Phi) is 7.75. The molecule has 8 heteroatoms. The lowest BCUT2D eigenvalue weighted by Gasteiger charge is -2.23. The third-order valence-electron chi connectivity index (χ3n) is 5.85. The number of carbonyl (C=O) groups excluding carboxylic acids is 1. The highest BCUT2D eigenvalue weighted by molar-refractivity contribution is 5.80. The summed E-state index contributed by atoms with van der Waals surface area (Å²) in [6, 6.07) is 3.41. The van der Waals surface area contributed by atoms with E-state index in [-0.39, 0.29) is 0 Å². The molecular formula is C23H36N4O4. The number of fused-ring (bicyclic) bond motifs is 1. The SMILES string of the molecule is CC(C)(C)OC(=O)N[C@H](CCN1CC[C@@H](CCc2ccc3c(n2)NCCC3)C1)C(=O)O. The summed E-state index contributed by atoms with van der Waals surface area (Å²) in [5.41, 5.74) is 1.80. The number of hydrogen-bond acceptors (Lipinski definition) is 6. The van der Waals surface area contributed by atoms with Crippen molar-refractivity contribution in [2.24, 2.45) is 5.92 Å². The van der Waals surface area contributed by atoms with E-state index < -0.39 is 23.7 Å². The Hall–Kier alpha value is -2.35. The van der Waals surface area contributed by atoms with Crippen LogP contribution in [0.2, 0.25) is 0 Å². The number of aryl methyl sites for hydroxylation is 2. The molecule has 8 nitrogen and oxygen atoms in total. The molecule has 0 radical (unpaired) electrons. The molecule has 3 rings (SSSR count). The number of likely N-dealkylation sites (tertiary alicyclic amines) is 1. The average molecular weight is 433 g/mol. The first-order valence-electron chi connectivity index (χ1n) is 11.4. The predicted molar refractivity (Wildman–Crippen MR) is 119 cm³/mol. The van der Waals surface area contributed by atoms with Gasteiger partial charge in [-0.3, -0.25) is 0 Å². The van der Waals surface area contributed by atoms with E-state index in [0.29, 0.717) is 18.9 Å². The van der Waals surface area contributed by atoms with Gasteiger partial charge in [0.1, 0.15) is 17.5 Å². The number of nitrogens with one attached hydrogen (secondary N) is 2. The van der Waals surface area contributed by atoms with Crippen molar-refractivity contribution in [1.82, 2.24) is 15.2 Å². The molecule has 0 bridgehead atoms. The fourth-order valence-electron chi connectivity index (χ4n) is 4.23. The number of rotatable bonds is 8. The van der Waals surface area contributed by atoms with Crippen LogP contribution in [0.15, 0.2) is 12.1 Å². The highest BCUT2D eigenvalue weighted by Gasteiger charge is 2.27. The molecule has 1 aromatic heterocycles. The van der Waals surface area contributed by atoms with Gasteiger partial charge in [-0.05, 0) is 83.4 Å². The number of pyridine rings is 1. The van der Waals surface area contributed by atoms with Crippen molar-refractivity contribution in [3.05, 3.63) is 23.4 Å². The van der Waals surface area contributed by atoms with E-state index in [1.54, 1.807) is 20.8 Å². The van der Waals surface area contributed by atoms with Crippen LogP contribution in [-0.4, -0.2) is 64.9 Å². The summed E-state index contributed by atoms with van der Waals surface area (Å²) in [6.45, 7) is 8.82. The van der Waals surface area contributed by atoms with Crippen LogP contribution in [0, 0.1) is 5.92 Å². The Morgan fingerprint density at radius 1 is 1.39 bits per heavy atom. The van der Waals surface area contributed by atoms with Crippen LogP contribution < -0.4 is 10.6 Å². The zero-order valence-electron chi connectivity index (χ0n) is 18.9. The van der Waals surface area contributed by atoms with Gasteiger partial charge in [0.15, 0.2) is 0 Å². The lowest BCUT2D eigenvalue weighted by molar-refractivity contribution is -0.139. The van der Waals surface area contributed by atoms with Crippen molar-refractivity contribution in [2.75, 3.05) is 31.5 Å². The smallest absolute Gasteiger partial charge is 0.408 e. The number of carboxylic acids is 1. The molecule has 0 saturated carbocycles. The maximum atomic E-state index is 11.9. The molecule has 1 fully saturated rings. The van der Waals surface area contributed by atoms with E-state index in [9.17, 15) is 14.7 Å². The Balaban J connectivity index is 1.41. The first-order valence-corrected chi connectivity index (χ1v) is 11.4. The van der Waals surface area contributed by atoms with E-state index in [1.807, 2.05) is 0 Å². The third kappa shape index (κ3) is 7.38. The second-order valence-corrected chi connectivity index (χ2v) is 9.66. The number of anilines is 1. The largest absolute Gasteiger partial charge is 0.480 e. The molecule has 3 heterocycles. The number of ether oxygens (including phenoxy) is 1. The lowest BCUT2D eigenvalue weighted by atomic mass is 10.00. The van der Waals surface area contributed by atoms with Gasteiger partial charge in [0.25, 0.3) is 0 Å². The van der Waals surface area contributed by atoms with Crippen LogP contribution in [-0.2, 0) is 22.4 Å². The van der Waals surface area contributed by atoms with Crippen molar-refractivity contribution in [3.8, 4) is 0 Å². The molecule has 1 aromatic rings.